The second-order valence-electron chi connectivity index (χ2n) is 11.7. The maximum absolute atomic E-state index is 6.85. The Morgan fingerprint density at radius 3 is 1.51 bits per heavy atom. The fraction of sp³-hybridized carbons (Fsp3) is 0. The maximum Gasteiger partial charge on any atom is 0.159 e. The van der Waals surface area contributed by atoms with E-state index < -0.39 is 0 Å². The summed E-state index contributed by atoms with van der Waals surface area (Å²) in [4.78, 5) is 0. The van der Waals surface area contributed by atoms with Gasteiger partial charge in [0.15, 0.2) is 11.5 Å². The molecule has 1 aliphatic heterocycles. The van der Waals surface area contributed by atoms with Crippen LogP contribution in [0, 0.1) is 0 Å². The summed E-state index contributed by atoms with van der Waals surface area (Å²) < 4.78 is 11.6. The van der Waals surface area contributed by atoms with E-state index in [9.17, 15) is 0 Å². The van der Waals surface area contributed by atoms with E-state index in [0.29, 0.717) is 0 Å². The van der Waals surface area contributed by atoms with Gasteiger partial charge < -0.3 is 13.9 Å². The van der Waals surface area contributed by atoms with Crippen molar-refractivity contribution < 1.29 is 4.74 Å². The fourth-order valence-electron chi connectivity index (χ4n) is 7.48. The van der Waals surface area contributed by atoms with Crippen LogP contribution in [-0.2, 0) is 0 Å². The molecule has 0 N–H and O–H groups in total. The van der Waals surface area contributed by atoms with Gasteiger partial charge in [-0.15, -0.1) is 0 Å². The van der Waals surface area contributed by atoms with Crippen LogP contribution in [-0.4, -0.2) is 9.13 Å². The van der Waals surface area contributed by atoms with E-state index in [2.05, 4.69) is 167 Å². The fourth-order valence-corrected chi connectivity index (χ4v) is 7.48. The Morgan fingerprint density at radius 2 is 0.800 bits per heavy atom. The third-order valence-corrected chi connectivity index (χ3v) is 9.34. The largest absolute Gasteiger partial charge is 0.452 e. The van der Waals surface area contributed by atoms with E-state index in [0.717, 1.165) is 45.1 Å². The number of hydrogen-bond acceptors (Lipinski definition) is 1. The van der Waals surface area contributed by atoms with Crippen molar-refractivity contribution in [2.75, 3.05) is 0 Å². The zero-order valence-electron chi connectivity index (χ0n) is 24.3. The van der Waals surface area contributed by atoms with Crippen molar-refractivity contribution in [2.45, 2.75) is 0 Å². The minimum absolute atomic E-state index is 0.876. The molecule has 9 aromatic rings. The summed E-state index contributed by atoms with van der Waals surface area (Å²) in [5, 5.41) is 4.95. The zero-order valence-corrected chi connectivity index (χ0v) is 24.3. The number of para-hydroxylation sites is 6. The number of ether oxygens (including phenoxy) is 1. The summed E-state index contributed by atoms with van der Waals surface area (Å²) in [5.41, 5.74) is 11.4. The normalized spacial score (nSPS) is 12.2. The average molecular weight is 575 g/mol. The van der Waals surface area contributed by atoms with Crippen molar-refractivity contribution in [1.29, 1.82) is 0 Å². The summed E-state index contributed by atoms with van der Waals surface area (Å²) in [7, 11) is 0. The minimum Gasteiger partial charge on any atom is -0.452 e. The number of aromatic nitrogens is 2. The molecule has 0 radical (unpaired) electrons. The van der Waals surface area contributed by atoms with Crippen LogP contribution in [0.3, 0.4) is 0 Å². The molecule has 2 aromatic heterocycles. The van der Waals surface area contributed by atoms with E-state index in [1.54, 1.807) is 0 Å². The molecule has 7 aromatic carbocycles. The van der Waals surface area contributed by atoms with Gasteiger partial charge >= 0.3 is 0 Å². The molecule has 45 heavy (non-hydrogen) atoms. The third-order valence-electron chi connectivity index (χ3n) is 9.34. The molecule has 0 spiro atoms. The lowest BCUT2D eigenvalue weighted by Gasteiger charge is -2.24. The summed E-state index contributed by atoms with van der Waals surface area (Å²) in [5.74, 6) is 1.76. The summed E-state index contributed by atoms with van der Waals surface area (Å²) in [6.07, 6.45) is 0. The highest BCUT2D eigenvalue weighted by molar-refractivity contribution is 6.13. The minimum atomic E-state index is 0.876. The van der Waals surface area contributed by atoms with Crippen molar-refractivity contribution in [3.8, 4) is 45.1 Å². The van der Waals surface area contributed by atoms with E-state index in [1.165, 1.54) is 43.7 Å². The van der Waals surface area contributed by atoms with Crippen molar-refractivity contribution in [3.05, 3.63) is 158 Å². The van der Waals surface area contributed by atoms with Gasteiger partial charge in [-0.2, -0.15) is 0 Å². The van der Waals surface area contributed by atoms with E-state index in [-0.39, 0.29) is 0 Å². The Kier molecular flexibility index (Phi) is 5.00. The van der Waals surface area contributed by atoms with Gasteiger partial charge in [0.05, 0.1) is 33.4 Å². The number of rotatable bonds is 3. The molecular weight excluding hydrogens is 548 g/mol. The Labute approximate surface area is 259 Å². The molecule has 0 atom stereocenters. The van der Waals surface area contributed by atoms with Crippen molar-refractivity contribution in [2.24, 2.45) is 0 Å². The third kappa shape index (κ3) is 3.35. The van der Waals surface area contributed by atoms with Crippen LogP contribution in [0.25, 0.3) is 77.2 Å². The number of fused-ring (bicyclic) bond motifs is 8. The first-order valence-corrected chi connectivity index (χ1v) is 15.4. The van der Waals surface area contributed by atoms with Gasteiger partial charge in [0, 0.05) is 32.7 Å². The Hall–Kier alpha value is -6.06. The standard InChI is InChI=1S/C42H26N2O/c1-2-14-28(34-20-11-25-39-42(34)45-40-26-12-19-33-32-18-6-10-24-38(32)44(39)41(33)40)27(13-1)29-15-3-7-21-35(29)43-36-22-8-4-16-30(36)31-17-5-9-23-37(31)43/h1-26H. The molecule has 0 unspecified atom stereocenters. The lowest BCUT2D eigenvalue weighted by molar-refractivity contribution is 0.478. The van der Waals surface area contributed by atoms with Gasteiger partial charge in [-0.1, -0.05) is 121 Å². The second kappa shape index (κ2) is 9.22. The van der Waals surface area contributed by atoms with Gasteiger partial charge in [-0.3, -0.25) is 0 Å². The van der Waals surface area contributed by atoms with Gasteiger partial charge in [-0.05, 0) is 47.5 Å². The van der Waals surface area contributed by atoms with Crippen LogP contribution in [0.1, 0.15) is 0 Å². The number of benzene rings is 7. The molecule has 3 heterocycles. The molecule has 0 saturated carbocycles. The monoisotopic (exact) mass is 574 g/mol. The second-order valence-corrected chi connectivity index (χ2v) is 11.7. The van der Waals surface area contributed by atoms with Crippen molar-refractivity contribution in [3.63, 3.8) is 0 Å². The molecule has 3 heteroatoms. The molecule has 210 valence electrons. The van der Waals surface area contributed by atoms with E-state index >= 15 is 0 Å². The van der Waals surface area contributed by atoms with Crippen LogP contribution in [0.2, 0.25) is 0 Å². The maximum atomic E-state index is 6.85. The SMILES string of the molecule is c1ccc(-c2cccc3c2Oc2cccc4c5ccccc5n-3c24)c(-c2ccccc2-n2c3ccccc3c3ccccc32)c1. The quantitative estimate of drug-likeness (QED) is 0.205. The number of hydrogen-bond donors (Lipinski definition) is 0. The smallest absolute Gasteiger partial charge is 0.159 e. The molecule has 1 aliphatic rings. The highest BCUT2D eigenvalue weighted by Gasteiger charge is 2.27. The Bertz CT molecular complexity index is 2580. The molecule has 0 amide bonds. The van der Waals surface area contributed by atoms with Crippen LogP contribution in [0.5, 0.6) is 11.5 Å². The van der Waals surface area contributed by atoms with Crippen molar-refractivity contribution >= 4 is 43.6 Å². The molecule has 0 saturated heterocycles. The summed E-state index contributed by atoms with van der Waals surface area (Å²) >= 11 is 0. The van der Waals surface area contributed by atoms with Crippen molar-refractivity contribution in [1.82, 2.24) is 9.13 Å². The summed E-state index contributed by atoms with van der Waals surface area (Å²) in [6.45, 7) is 0. The molecule has 10 rings (SSSR count). The lowest BCUT2D eigenvalue weighted by atomic mass is 9.92. The van der Waals surface area contributed by atoms with Crippen LogP contribution in [0.4, 0.5) is 0 Å². The Balaban J connectivity index is 1.24. The lowest BCUT2D eigenvalue weighted by Crippen LogP contribution is -2.05. The first kappa shape index (κ1) is 24.4. The highest BCUT2D eigenvalue weighted by Crippen LogP contribution is 2.50. The first-order chi connectivity index (χ1) is 22.4. The summed E-state index contributed by atoms with van der Waals surface area (Å²) in [6, 6.07) is 56.4. The van der Waals surface area contributed by atoms with Crippen LogP contribution >= 0.6 is 0 Å². The predicted molar refractivity (Wildman–Crippen MR) is 186 cm³/mol. The molecule has 3 nitrogen and oxygen atoms in total. The van der Waals surface area contributed by atoms with E-state index in [1.807, 2.05) is 0 Å². The van der Waals surface area contributed by atoms with Gasteiger partial charge in [-0.25, -0.2) is 0 Å². The van der Waals surface area contributed by atoms with Gasteiger partial charge in [0.1, 0.15) is 0 Å². The van der Waals surface area contributed by atoms with Crippen LogP contribution in [0.15, 0.2) is 158 Å². The molecule has 0 fully saturated rings. The number of nitrogens with zero attached hydrogens (tertiary/aromatic N) is 2. The zero-order chi connectivity index (χ0) is 29.5. The first-order valence-electron chi connectivity index (χ1n) is 15.4. The van der Waals surface area contributed by atoms with Gasteiger partial charge in [0.2, 0.25) is 0 Å². The van der Waals surface area contributed by atoms with Crippen LogP contribution < -0.4 is 4.74 Å². The molecular formula is C42H26N2O. The van der Waals surface area contributed by atoms with E-state index in [4.69, 9.17) is 4.74 Å². The highest BCUT2D eigenvalue weighted by atomic mass is 16.5. The predicted octanol–water partition coefficient (Wildman–Crippen LogP) is 11.3. The topological polar surface area (TPSA) is 19.1 Å². The Morgan fingerprint density at radius 1 is 0.333 bits per heavy atom. The molecule has 0 bridgehead atoms. The average Bonchev–Trinajstić information content (AvgIpc) is 3.63. The van der Waals surface area contributed by atoms with Gasteiger partial charge in [0.25, 0.3) is 0 Å². The molecule has 0 aliphatic carbocycles.